The van der Waals surface area contributed by atoms with Crippen LogP contribution in [0, 0.1) is 0 Å². The number of pyridine rings is 1. The van der Waals surface area contributed by atoms with E-state index < -0.39 is 0 Å². The number of hydrogen-bond donors (Lipinski definition) is 2. The summed E-state index contributed by atoms with van der Waals surface area (Å²) in [4.78, 5) is 24.1. The van der Waals surface area contributed by atoms with Gasteiger partial charge in [0.2, 0.25) is 5.91 Å². The van der Waals surface area contributed by atoms with Crippen molar-refractivity contribution < 1.29 is 9.90 Å². The van der Waals surface area contributed by atoms with Crippen molar-refractivity contribution in [3.05, 3.63) is 40.7 Å². The summed E-state index contributed by atoms with van der Waals surface area (Å²) in [5.41, 5.74) is 2.16. The molecule has 1 aliphatic carbocycles. The zero-order valence-electron chi connectivity index (χ0n) is 13.6. The van der Waals surface area contributed by atoms with E-state index in [-0.39, 0.29) is 19.1 Å². The summed E-state index contributed by atoms with van der Waals surface area (Å²) in [5, 5.41) is 12.8. The Labute approximate surface area is 145 Å². The van der Waals surface area contributed by atoms with Crippen molar-refractivity contribution >= 4 is 22.4 Å². The number of aliphatic hydroxyl groups is 1. The van der Waals surface area contributed by atoms with Crippen molar-refractivity contribution in [3.63, 3.8) is 0 Å². The monoisotopic (exact) mass is 346 g/mol. The molecule has 1 aliphatic rings. The van der Waals surface area contributed by atoms with Crippen LogP contribution < -0.4 is 5.32 Å². The Balaban J connectivity index is 1.57. The summed E-state index contributed by atoms with van der Waals surface area (Å²) >= 11 is 1.59. The number of nitrogens with zero attached hydrogens (tertiary/aromatic N) is 3. The van der Waals surface area contributed by atoms with Crippen LogP contribution in [0.3, 0.4) is 0 Å². The van der Waals surface area contributed by atoms with E-state index in [1.165, 1.54) is 17.7 Å². The lowest BCUT2D eigenvalue weighted by molar-refractivity contribution is -0.117. The fourth-order valence-electron chi connectivity index (χ4n) is 2.87. The van der Waals surface area contributed by atoms with E-state index in [0.717, 1.165) is 24.1 Å². The first kappa shape index (κ1) is 17.0. The Hall–Kier alpha value is -1.83. The Morgan fingerprint density at radius 2 is 2.25 bits per heavy atom. The standard InChI is InChI=1S/C17H22N4O2S/c22-9-8-21(11-13-4-3-7-18-10-13)12-16(23)20-17-19-14-5-1-2-6-15(14)24-17/h3-4,7,10,22H,1-2,5-6,8-9,11-12H2,(H,19,20,23). The molecular weight excluding hydrogens is 324 g/mol. The quantitative estimate of drug-likeness (QED) is 0.800. The number of amides is 1. The summed E-state index contributed by atoms with van der Waals surface area (Å²) in [5.74, 6) is -0.0987. The maximum absolute atomic E-state index is 12.3. The molecule has 3 rings (SSSR count). The summed E-state index contributed by atoms with van der Waals surface area (Å²) in [6, 6.07) is 3.83. The number of hydrogen-bond acceptors (Lipinski definition) is 6. The van der Waals surface area contributed by atoms with E-state index in [1.807, 2.05) is 17.0 Å². The lowest BCUT2D eigenvalue weighted by Gasteiger charge is -2.20. The van der Waals surface area contributed by atoms with Crippen LogP contribution in [0.1, 0.15) is 29.0 Å². The molecule has 2 aromatic heterocycles. The topological polar surface area (TPSA) is 78.4 Å². The zero-order valence-corrected chi connectivity index (χ0v) is 14.4. The van der Waals surface area contributed by atoms with Crippen molar-refractivity contribution in [1.29, 1.82) is 0 Å². The van der Waals surface area contributed by atoms with E-state index in [0.29, 0.717) is 18.2 Å². The highest BCUT2D eigenvalue weighted by molar-refractivity contribution is 7.15. The minimum atomic E-state index is -0.0987. The van der Waals surface area contributed by atoms with E-state index in [9.17, 15) is 9.90 Å². The number of carbonyl (C=O) groups excluding carboxylic acids is 1. The van der Waals surface area contributed by atoms with Crippen LogP contribution in [0.5, 0.6) is 0 Å². The van der Waals surface area contributed by atoms with Gasteiger partial charge in [-0.25, -0.2) is 4.98 Å². The highest BCUT2D eigenvalue weighted by Gasteiger charge is 2.17. The molecule has 0 aliphatic heterocycles. The molecule has 0 saturated heterocycles. The molecule has 2 aromatic rings. The van der Waals surface area contributed by atoms with Crippen molar-refractivity contribution in [2.75, 3.05) is 25.0 Å². The predicted molar refractivity (Wildman–Crippen MR) is 94.0 cm³/mol. The van der Waals surface area contributed by atoms with Crippen LogP contribution in [-0.2, 0) is 24.2 Å². The molecule has 0 bridgehead atoms. The first-order valence-electron chi connectivity index (χ1n) is 8.25. The van der Waals surface area contributed by atoms with Gasteiger partial charge in [0.15, 0.2) is 5.13 Å². The molecule has 0 fully saturated rings. The molecule has 128 valence electrons. The van der Waals surface area contributed by atoms with Gasteiger partial charge in [0.05, 0.1) is 18.8 Å². The molecule has 0 unspecified atom stereocenters. The van der Waals surface area contributed by atoms with Crippen LogP contribution in [-0.4, -0.2) is 45.6 Å². The van der Waals surface area contributed by atoms with Gasteiger partial charge in [-0.15, -0.1) is 11.3 Å². The third-order valence-electron chi connectivity index (χ3n) is 4.00. The molecule has 0 aromatic carbocycles. The van der Waals surface area contributed by atoms with Gasteiger partial charge in [-0.2, -0.15) is 0 Å². The molecule has 0 radical (unpaired) electrons. The van der Waals surface area contributed by atoms with Crippen LogP contribution >= 0.6 is 11.3 Å². The third-order valence-corrected chi connectivity index (χ3v) is 5.08. The zero-order chi connectivity index (χ0) is 16.8. The number of aliphatic hydroxyl groups excluding tert-OH is 1. The Morgan fingerprint density at radius 3 is 3.00 bits per heavy atom. The molecule has 0 saturated carbocycles. The number of rotatable bonds is 7. The molecular formula is C17H22N4O2S. The summed E-state index contributed by atoms with van der Waals surface area (Å²) in [6.45, 7) is 1.26. The molecule has 2 N–H and O–H groups in total. The molecule has 2 heterocycles. The van der Waals surface area contributed by atoms with Crippen LogP contribution in [0.2, 0.25) is 0 Å². The lowest BCUT2D eigenvalue weighted by Crippen LogP contribution is -2.34. The first-order valence-corrected chi connectivity index (χ1v) is 9.07. The smallest absolute Gasteiger partial charge is 0.240 e. The van der Waals surface area contributed by atoms with Crippen molar-refractivity contribution in [3.8, 4) is 0 Å². The number of aromatic nitrogens is 2. The number of fused-ring (bicyclic) bond motifs is 1. The lowest BCUT2D eigenvalue weighted by atomic mass is 10.0. The van der Waals surface area contributed by atoms with E-state index in [1.54, 1.807) is 23.7 Å². The minimum absolute atomic E-state index is 0.0130. The van der Waals surface area contributed by atoms with Gasteiger partial charge < -0.3 is 10.4 Å². The van der Waals surface area contributed by atoms with Gasteiger partial charge in [0, 0.05) is 30.4 Å². The number of aryl methyl sites for hydroxylation is 2. The van der Waals surface area contributed by atoms with E-state index in [4.69, 9.17) is 0 Å². The predicted octanol–water partition coefficient (Wildman–Crippen LogP) is 1.85. The maximum atomic E-state index is 12.3. The van der Waals surface area contributed by atoms with Gasteiger partial charge >= 0.3 is 0 Å². The molecule has 0 atom stereocenters. The molecule has 0 spiro atoms. The van der Waals surface area contributed by atoms with Crippen molar-refractivity contribution in [1.82, 2.24) is 14.9 Å². The second kappa shape index (κ2) is 8.32. The fraction of sp³-hybridized carbons (Fsp3) is 0.471. The summed E-state index contributed by atoms with van der Waals surface area (Å²) in [6.07, 6.45) is 7.96. The molecule has 6 nitrogen and oxygen atoms in total. The highest BCUT2D eigenvalue weighted by atomic mass is 32.1. The molecule has 24 heavy (non-hydrogen) atoms. The van der Waals surface area contributed by atoms with Gasteiger partial charge in [-0.3, -0.25) is 14.7 Å². The van der Waals surface area contributed by atoms with Gasteiger partial charge in [-0.05, 0) is 37.3 Å². The van der Waals surface area contributed by atoms with Crippen molar-refractivity contribution in [2.45, 2.75) is 32.2 Å². The van der Waals surface area contributed by atoms with Gasteiger partial charge in [0.25, 0.3) is 0 Å². The van der Waals surface area contributed by atoms with Gasteiger partial charge in [0.1, 0.15) is 0 Å². The second-order valence-corrected chi connectivity index (χ2v) is 7.02. The largest absolute Gasteiger partial charge is 0.395 e. The minimum Gasteiger partial charge on any atom is -0.395 e. The summed E-state index contributed by atoms with van der Waals surface area (Å²) in [7, 11) is 0. The molecule has 7 heteroatoms. The normalized spacial score (nSPS) is 13.8. The van der Waals surface area contributed by atoms with E-state index >= 15 is 0 Å². The summed E-state index contributed by atoms with van der Waals surface area (Å²) < 4.78 is 0. The second-order valence-electron chi connectivity index (χ2n) is 5.94. The fourth-order valence-corrected chi connectivity index (χ4v) is 3.94. The Bertz CT molecular complexity index is 651. The Kier molecular flexibility index (Phi) is 5.90. The third kappa shape index (κ3) is 4.59. The maximum Gasteiger partial charge on any atom is 0.240 e. The number of nitrogens with one attached hydrogen (secondary N) is 1. The van der Waals surface area contributed by atoms with Crippen LogP contribution in [0.25, 0.3) is 0 Å². The Morgan fingerprint density at radius 1 is 1.38 bits per heavy atom. The van der Waals surface area contributed by atoms with Gasteiger partial charge in [-0.1, -0.05) is 6.07 Å². The average Bonchev–Trinajstić information content (AvgIpc) is 2.98. The van der Waals surface area contributed by atoms with Crippen LogP contribution in [0.15, 0.2) is 24.5 Å². The SMILES string of the molecule is O=C(CN(CCO)Cc1cccnc1)Nc1nc2c(s1)CCCC2. The highest BCUT2D eigenvalue weighted by Crippen LogP contribution is 2.29. The molecule has 1 amide bonds. The number of carbonyl (C=O) groups is 1. The number of anilines is 1. The first-order chi connectivity index (χ1) is 11.7. The number of thiazole rings is 1. The van der Waals surface area contributed by atoms with Crippen LogP contribution in [0.4, 0.5) is 5.13 Å². The van der Waals surface area contributed by atoms with Crippen molar-refractivity contribution in [2.24, 2.45) is 0 Å². The average molecular weight is 346 g/mol. The van der Waals surface area contributed by atoms with E-state index in [2.05, 4.69) is 15.3 Å².